The van der Waals surface area contributed by atoms with Gasteiger partial charge in [-0.1, -0.05) is 24.0 Å². The van der Waals surface area contributed by atoms with E-state index in [0.717, 1.165) is 11.1 Å². The van der Waals surface area contributed by atoms with Crippen molar-refractivity contribution < 1.29 is 9.90 Å². The van der Waals surface area contributed by atoms with Gasteiger partial charge in [0.15, 0.2) is 0 Å². The van der Waals surface area contributed by atoms with E-state index in [-0.39, 0.29) is 12.3 Å². The Labute approximate surface area is 107 Å². The van der Waals surface area contributed by atoms with Gasteiger partial charge in [0, 0.05) is 18.4 Å². The van der Waals surface area contributed by atoms with Crippen molar-refractivity contribution in [3.63, 3.8) is 0 Å². The first kappa shape index (κ1) is 14.2. The minimum Gasteiger partial charge on any atom is -0.388 e. The molecule has 1 aromatic carbocycles. The number of aliphatic hydroxyl groups is 1. The third-order valence-electron chi connectivity index (χ3n) is 2.44. The van der Waals surface area contributed by atoms with Gasteiger partial charge in [0.25, 0.3) is 0 Å². The summed E-state index contributed by atoms with van der Waals surface area (Å²) >= 11 is 0. The smallest absolute Gasteiger partial charge is 0.218 e. The molecular formula is C14H18N2O2. The molecule has 0 aliphatic heterocycles. The van der Waals surface area contributed by atoms with Gasteiger partial charge in [0.05, 0.1) is 6.10 Å². The van der Waals surface area contributed by atoms with Crippen LogP contribution in [0, 0.1) is 11.8 Å². The number of carbonyl (C=O) groups is 1. The molecule has 1 aromatic rings. The highest BCUT2D eigenvalue weighted by atomic mass is 16.3. The van der Waals surface area contributed by atoms with Crippen LogP contribution in [0.4, 0.5) is 0 Å². The summed E-state index contributed by atoms with van der Waals surface area (Å²) in [5.41, 5.74) is 12.0. The van der Waals surface area contributed by atoms with Crippen LogP contribution >= 0.6 is 0 Å². The van der Waals surface area contributed by atoms with Crippen LogP contribution in [0.2, 0.25) is 0 Å². The first-order chi connectivity index (χ1) is 8.63. The second-order valence-electron chi connectivity index (χ2n) is 3.99. The van der Waals surface area contributed by atoms with Crippen molar-refractivity contribution >= 4 is 5.91 Å². The molecule has 4 nitrogen and oxygen atoms in total. The first-order valence-corrected chi connectivity index (χ1v) is 5.88. The number of aliphatic hydroxyl groups excluding tert-OH is 1. The Kier molecular flexibility index (Phi) is 5.92. The molecule has 0 aliphatic carbocycles. The van der Waals surface area contributed by atoms with Gasteiger partial charge in [-0.2, -0.15) is 0 Å². The summed E-state index contributed by atoms with van der Waals surface area (Å²) in [5.74, 6) is 5.46. The number of hydrogen-bond acceptors (Lipinski definition) is 3. The normalized spacial score (nSPS) is 11.4. The van der Waals surface area contributed by atoms with Crippen LogP contribution in [0.5, 0.6) is 0 Å². The fourth-order valence-corrected chi connectivity index (χ4v) is 1.50. The number of rotatable bonds is 5. The maximum absolute atomic E-state index is 10.5. The van der Waals surface area contributed by atoms with Gasteiger partial charge in [0.1, 0.15) is 0 Å². The monoisotopic (exact) mass is 246 g/mol. The molecule has 0 spiro atoms. The molecular weight excluding hydrogens is 228 g/mol. The van der Waals surface area contributed by atoms with Crippen LogP contribution in [0.25, 0.3) is 0 Å². The topological polar surface area (TPSA) is 89.3 Å². The second kappa shape index (κ2) is 7.49. The van der Waals surface area contributed by atoms with Crippen molar-refractivity contribution in [3.05, 3.63) is 35.4 Å². The first-order valence-electron chi connectivity index (χ1n) is 5.88. The average molecular weight is 246 g/mol. The number of carbonyl (C=O) groups excluding carboxylic acids is 1. The highest BCUT2D eigenvalue weighted by Gasteiger charge is 2.05. The number of amides is 1. The highest BCUT2D eigenvalue weighted by Crippen LogP contribution is 2.16. The molecule has 1 rings (SSSR count). The summed E-state index contributed by atoms with van der Waals surface area (Å²) in [5, 5.41) is 9.80. The fourth-order valence-electron chi connectivity index (χ4n) is 1.50. The van der Waals surface area contributed by atoms with Gasteiger partial charge in [0.2, 0.25) is 5.91 Å². The summed E-state index contributed by atoms with van der Waals surface area (Å²) < 4.78 is 0. The molecule has 0 bridgehead atoms. The van der Waals surface area contributed by atoms with E-state index in [9.17, 15) is 9.90 Å². The summed E-state index contributed by atoms with van der Waals surface area (Å²) in [4.78, 5) is 10.5. The minimum atomic E-state index is -0.553. The van der Waals surface area contributed by atoms with E-state index >= 15 is 0 Å². The van der Waals surface area contributed by atoms with E-state index < -0.39 is 6.10 Å². The molecule has 1 amide bonds. The lowest BCUT2D eigenvalue weighted by Crippen LogP contribution is -2.08. The van der Waals surface area contributed by atoms with Gasteiger partial charge >= 0.3 is 0 Å². The van der Waals surface area contributed by atoms with Crippen LogP contribution in [-0.2, 0) is 4.79 Å². The van der Waals surface area contributed by atoms with Gasteiger partial charge in [-0.3, -0.25) is 4.79 Å². The van der Waals surface area contributed by atoms with Crippen LogP contribution in [0.1, 0.15) is 36.5 Å². The van der Waals surface area contributed by atoms with E-state index in [1.54, 1.807) is 0 Å². The Balaban J connectivity index is 2.67. The molecule has 4 heteroatoms. The number of benzene rings is 1. The molecule has 0 aromatic heterocycles. The summed E-state index contributed by atoms with van der Waals surface area (Å²) in [6.45, 7) is 0.440. The van der Waals surface area contributed by atoms with Gasteiger partial charge < -0.3 is 16.6 Å². The lowest BCUT2D eigenvalue weighted by atomic mass is 10.0. The lowest BCUT2D eigenvalue weighted by Gasteiger charge is -2.09. The Morgan fingerprint density at radius 2 is 2.22 bits per heavy atom. The molecule has 96 valence electrons. The predicted octanol–water partition coefficient (Wildman–Crippen LogP) is 0.686. The van der Waals surface area contributed by atoms with Crippen molar-refractivity contribution in [2.24, 2.45) is 11.5 Å². The molecule has 0 saturated heterocycles. The fraction of sp³-hybridized carbons (Fsp3) is 0.357. The lowest BCUT2D eigenvalue weighted by molar-refractivity contribution is -0.117. The minimum absolute atomic E-state index is 0.266. The number of nitrogens with two attached hydrogens (primary N) is 2. The molecule has 0 fully saturated rings. The maximum atomic E-state index is 10.5. The maximum Gasteiger partial charge on any atom is 0.218 e. The summed E-state index contributed by atoms with van der Waals surface area (Å²) in [6.07, 6.45) is 0.689. The zero-order valence-corrected chi connectivity index (χ0v) is 10.2. The third-order valence-corrected chi connectivity index (χ3v) is 2.44. The summed E-state index contributed by atoms with van der Waals surface area (Å²) in [7, 11) is 0. The average Bonchev–Trinajstić information content (AvgIpc) is 2.35. The van der Waals surface area contributed by atoms with Crippen molar-refractivity contribution in [3.8, 4) is 11.8 Å². The molecule has 0 saturated carbocycles. The Hall–Kier alpha value is -1.83. The highest BCUT2D eigenvalue weighted by molar-refractivity contribution is 5.74. The number of primary amides is 1. The molecule has 18 heavy (non-hydrogen) atoms. The van der Waals surface area contributed by atoms with Crippen LogP contribution < -0.4 is 11.5 Å². The molecule has 0 aliphatic rings. The zero-order chi connectivity index (χ0) is 13.4. The SMILES string of the molecule is NCCC(O)c1cccc(C#CCCC(N)=O)c1. The van der Waals surface area contributed by atoms with Crippen LogP contribution in [0.3, 0.4) is 0 Å². The summed E-state index contributed by atoms with van der Waals surface area (Å²) in [6, 6.07) is 7.37. The van der Waals surface area contributed by atoms with Gasteiger partial charge in [-0.15, -0.1) is 0 Å². The van der Waals surface area contributed by atoms with E-state index in [4.69, 9.17) is 11.5 Å². The molecule has 1 atom stereocenters. The van der Waals surface area contributed by atoms with Gasteiger partial charge in [-0.25, -0.2) is 0 Å². The molecule has 5 N–H and O–H groups in total. The molecule has 0 radical (unpaired) electrons. The van der Waals surface area contributed by atoms with E-state index in [2.05, 4.69) is 11.8 Å². The second-order valence-corrected chi connectivity index (χ2v) is 3.99. The largest absolute Gasteiger partial charge is 0.388 e. The van der Waals surface area contributed by atoms with E-state index in [0.29, 0.717) is 19.4 Å². The Bertz CT molecular complexity index is 460. The third kappa shape index (κ3) is 5.00. The van der Waals surface area contributed by atoms with E-state index in [1.165, 1.54) is 0 Å². The van der Waals surface area contributed by atoms with Crippen molar-refractivity contribution in [1.29, 1.82) is 0 Å². The van der Waals surface area contributed by atoms with Crippen molar-refractivity contribution in [2.75, 3.05) is 6.54 Å². The predicted molar refractivity (Wildman–Crippen MR) is 70.4 cm³/mol. The van der Waals surface area contributed by atoms with Gasteiger partial charge in [-0.05, 0) is 30.7 Å². The quantitative estimate of drug-likeness (QED) is 0.668. The molecule has 1 unspecified atom stereocenters. The van der Waals surface area contributed by atoms with Crippen molar-refractivity contribution in [2.45, 2.75) is 25.4 Å². The van der Waals surface area contributed by atoms with Crippen LogP contribution in [0.15, 0.2) is 24.3 Å². The van der Waals surface area contributed by atoms with Crippen LogP contribution in [-0.4, -0.2) is 17.6 Å². The number of hydrogen-bond donors (Lipinski definition) is 3. The molecule has 0 heterocycles. The Morgan fingerprint density at radius 3 is 2.89 bits per heavy atom. The standard InChI is InChI=1S/C14H18N2O2/c15-9-8-13(17)12-6-3-5-11(10-12)4-1-2-7-14(16)18/h3,5-6,10,13,17H,2,7-9,15H2,(H2,16,18). The Morgan fingerprint density at radius 1 is 1.44 bits per heavy atom. The van der Waals surface area contributed by atoms with Crippen molar-refractivity contribution in [1.82, 2.24) is 0 Å². The zero-order valence-electron chi connectivity index (χ0n) is 10.2. The van der Waals surface area contributed by atoms with E-state index in [1.807, 2.05) is 24.3 Å².